The lowest BCUT2D eigenvalue weighted by Gasteiger charge is -2.03. The predicted octanol–water partition coefficient (Wildman–Crippen LogP) is 2.85. The third-order valence-corrected chi connectivity index (χ3v) is 2.26. The monoisotopic (exact) mass is 255 g/mol. The third-order valence-electron chi connectivity index (χ3n) is 1.85. The topological polar surface area (TPSA) is 47.9 Å². The predicted molar refractivity (Wildman–Crippen MR) is 61.8 cm³/mol. The normalized spacial score (nSPS) is 10.2. The molecule has 1 heterocycles. The molecule has 0 unspecified atom stereocenters. The maximum absolute atomic E-state index is 5.87. The first-order chi connectivity index (χ1) is 7.69. The molecule has 0 saturated heterocycles. The zero-order valence-electron chi connectivity index (χ0n) is 8.32. The van der Waals surface area contributed by atoms with Crippen molar-refractivity contribution in [3.63, 3.8) is 0 Å². The van der Waals surface area contributed by atoms with E-state index in [1.54, 1.807) is 12.1 Å². The number of nitrogens with zero attached hydrogens (tertiary/aromatic N) is 3. The molecule has 0 fully saturated rings. The van der Waals surface area contributed by atoms with Gasteiger partial charge in [0, 0.05) is 10.6 Å². The van der Waals surface area contributed by atoms with Gasteiger partial charge in [-0.05, 0) is 23.7 Å². The van der Waals surface area contributed by atoms with Crippen molar-refractivity contribution in [1.29, 1.82) is 0 Å². The Labute approximate surface area is 102 Å². The van der Waals surface area contributed by atoms with Crippen LogP contribution >= 0.6 is 23.2 Å². The Kier molecular flexibility index (Phi) is 3.22. The lowest BCUT2D eigenvalue weighted by molar-refractivity contribution is 0.379. The summed E-state index contributed by atoms with van der Waals surface area (Å²) in [6.07, 6.45) is 0. The Morgan fingerprint density at radius 3 is 2.62 bits per heavy atom. The molecule has 4 nitrogen and oxygen atoms in total. The third kappa shape index (κ3) is 2.40. The minimum Gasteiger partial charge on any atom is -0.467 e. The van der Waals surface area contributed by atoms with Crippen LogP contribution in [-0.2, 0) is 0 Å². The summed E-state index contributed by atoms with van der Waals surface area (Å²) in [7, 11) is 1.47. The van der Waals surface area contributed by atoms with E-state index >= 15 is 0 Å². The molecule has 0 amide bonds. The number of methoxy groups -OCH3 is 1. The van der Waals surface area contributed by atoms with E-state index in [4.69, 9.17) is 27.9 Å². The first-order valence-corrected chi connectivity index (χ1v) is 5.16. The number of halogens is 2. The highest BCUT2D eigenvalue weighted by Gasteiger charge is 2.07. The second-order valence-electron chi connectivity index (χ2n) is 2.93. The van der Waals surface area contributed by atoms with Gasteiger partial charge in [0.05, 0.1) is 7.11 Å². The Bertz CT molecular complexity index is 519. The SMILES string of the molecule is COc1nc(Cl)nc(-c2cccc(Cl)c2)n1. The van der Waals surface area contributed by atoms with Gasteiger partial charge in [0.1, 0.15) is 0 Å². The highest BCUT2D eigenvalue weighted by atomic mass is 35.5. The summed E-state index contributed by atoms with van der Waals surface area (Å²) in [5, 5.41) is 0.690. The molecule has 16 heavy (non-hydrogen) atoms. The zero-order chi connectivity index (χ0) is 11.5. The molecule has 2 aromatic rings. The first-order valence-electron chi connectivity index (χ1n) is 4.40. The van der Waals surface area contributed by atoms with Gasteiger partial charge in [0.25, 0.3) is 0 Å². The van der Waals surface area contributed by atoms with Crippen LogP contribution in [0.3, 0.4) is 0 Å². The van der Waals surface area contributed by atoms with Gasteiger partial charge in [0.2, 0.25) is 5.28 Å². The van der Waals surface area contributed by atoms with Gasteiger partial charge < -0.3 is 4.74 Å². The molecule has 0 saturated carbocycles. The van der Waals surface area contributed by atoms with E-state index in [9.17, 15) is 0 Å². The molecule has 0 aliphatic heterocycles. The van der Waals surface area contributed by atoms with E-state index in [0.29, 0.717) is 10.8 Å². The van der Waals surface area contributed by atoms with Crippen molar-refractivity contribution >= 4 is 23.2 Å². The van der Waals surface area contributed by atoms with E-state index < -0.39 is 0 Å². The summed E-state index contributed by atoms with van der Waals surface area (Å²) in [6, 6.07) is 7.33. The summed E-state index contributed by atoms with van der Waals surface area (Å²) < 4.78 is 4.91. The Balaban J connectivity index is 2.51. The summed E-state index contributed by atoms with van der Waals surface area (Å²) in [4.78, 5) is 11.9. The van der Waals surface area contributed by atoms with Gasteiger partial charge in [-0.2, -0.15) is 15.0 Å². The Morgan fingerprint density at radius 1 is 1.12 bits per heavy atom. The van der Waals surface area contributed by atoms with Crippen LogP contribution in [0.5, 0.6) is 6.01 Å². The maximum atomic E-state index is 5.87. The lowest BCUT2D eigenvalue weighted by atomic mass is 10.2. The van der Waals surface area contributed by atoms with Crippen LogP contribution in [-0.4, -0.2) is 22.1 Å². The summed E-state index contributed by atoms with van der Waals surface area (Å²) in [5.74, 6) is 0.430. The molecule has 0 spiro atoms. The number of ether oxygens (including phenoxy) is 1. The highest BCUT2D eigenvalue weighted by Crippen LogP contribution is 2.21. The molecule has 82 valence electrons. The van der Waals surface area contributed by atoms with Crippen molar-refractivity contribution in [2.24, 2.45) is 0 Å². The van der Waals surface area contributed by atoms with Crippen LogP contribution in [0.2, 0.25) is 10.3 Å². The van der Waals surface area contributed by atoms with Crippen molar-refractivity contribution in [3.8, 4) is 17.4 Å². The van der Waals surface area contributed by atoms with Gasteiger partial charge in [-0.25, -0.2) is 0 Å². The van der Waals surface area contributed by atoms with Crippen LogP contribution in [0, 0.1) is 0 Å². The molecule has 0 aliphatic rings. The first kappa shape index (κ1) is 11.1. The standard InChI is InChI=1S/C10H7Cl2N3O/c1-16-10-14-8(13-9(12)15-10)6-3-2-4-7(11)5-6/h2-5H,1H3. The van der Waals surface area contributed by atoms with Gasteiger partial charge in [0.15, 0.2) is 5.82 Å². The number of rotatable bonds is 2. The molecular formula is C10H7Cl2N3O. The molecule has 0 atom stereocenters. The van der Waals surface area contributed by atoms with Gasteiger partial charge in [-0.15, -0.1) is 0 Å². The second-order valence-corrected chi connectivity index (χ2v) is 3.70. The second kappa shape index (κ2) is 4.63. The van der Waals surface area contributed by atoms with Crippen molar-refractivity contribution in [1.82, 2.24) is 15.0 Å². The zero-order valence-corrected chi connectivity index (χ0v) is 9.83. The number of aromatic nitrogens is 3. The largest absolute Gasteiger partial charge is 0.467 e. The Hall–Kier alpha value is -1.39. The summed E-state index contributed by atoms with van der Waals surface area (Å²) in [5.41, 5.74) is 0.759. The highest BCUT2D eigenvalue weighted by molar-refractivity contribution is 6.30. The minimum atomic E-state index is 0.0850. The van der Waals surface area contributed by atoms with Crippen LogP contribution in [0.15, 0.2) is 24.3 Å². The van der Waals surface area contributed by atoms with Crippen LogP contribution in [0.25, 0.3) is 11.4 Å². The van der Waals surface area contributed by atoms with Crippen molar-refractivity contribution < 1.29 is 4.74 Å². The average molecular weight is 256 g/mol. The maximum Gasteiger partial charge on any atom is 0.321 e. The van der Waals surface area contributed by atoms with Crippen molar-refractivity contribution in [2.45, 2.75) is 0 Å². The van der Waals surface area contributed by atoms with Crippen molar-refractivity contribution in [2.75, 3.05) is 7.11 Å². The molecule has 0 aliphatic carbocycles. The van der Waals surface area contributed by atoms with E-state index in [-0.39, 0.29) is 11.3 Å². The smallest absolute Gasteiger partial charge is 0.321 e. The molecular weight excluding hydrogens is 249 g/mol. The molecule has 0 radical (unpaired) electrons. The molecule has 0 N–H and O–H groups in total. The van der Waals surface area contributed by atoms with E-state index in [1.807, 2.05) is 12.1 Å². The average Bonchev–Trinajstić information content (AvgIpc) is 2.28. The van der Waals surface area contributed by atoms with Gasteiger partial charge in [-0.3, -0.25) is 0 Å². The molecule has 1 aromatic carbocycles. The Morgan fingerprint density at radius 2 is 1.94 bits per heavy atom. The van der Waals surface area contributed by atoms with E-state index in [2.05, 4.69) is 15.0 Å². The quantitative estimate of drug-likeness (QED) is 0.828. The van der Waals surface area contributed by atoms with E-state index in [0.717, 1.165) is 5.56 Å². The molecule has 0 bridgehead atoms. The molecule has 6 heteroatoms. The molecule has 2 rings (SSSR count). The lowest BCUT2D eigenvalue weighted by Crippen LogP contribution is -1.97. The van der Waals surface area contributed by atoms with Crippen LogP contribution in [0.1, 0.15) is 0 Å². The number of benzene rings is 1. The van der Waals surface area contributed by atoms with Crippen LogP contribution in [0.4, 0.5) is 0 Å². The van der Waals surface area contributed by atoms with E-state index in [1.165, 1.54) is 7.11 Å². The van der Waals surface area contributed by atoms with Crippen molar-refractivity contribution in [3.05, 3.63) is 34.6 Å². The van der Waals surface area contributed by atoms with Gasteiger partial charge >= 0.3 is 6.01 Å². The minimum absolute atomic E-state index is 0.0850. The fourth-order valence-corrected chi connectivity index (χ4v) is 1.52. The molecule has 1 aromatic heterocycles. The van der Waals surface area contributed by atoms with Crippen LogP contribution < -0.4 is 4.74 Å². The number of hydrogen-bond donors (Lipinski definition) is 0. The van der Waals surface area contributed by atoms with Gasteiger partial charge in [-0.1, -0.05) is 23.7 Å². The summed E-state index contributed by atoms with van der Waals surface area (Å²) in [6.45, 7) is 0. The number of hydrogen-bond acceptors (Lipinski definition) is 4. The fraction of sp³-hybridized carbons (Fsp3) is 0.100. The fourth-order valence-electron chi connectivity index (χ4n) is 1.18. The summed E-state index contributed by atoms with van der Waals surface area (Å²) >= 11 is 11.6.